The second kappa shape index (κ2) is 6.63. The molecule has 0 aromatic carbocycles. The van der Waals surface area contributed by atoms with Crippen molar-refractivity contribution in [2.45, 2.75) is 19.4 Å². The third kappa shape index (κ3) is 4.48. The van der Waals surface area contributed by atoms with E-state index in [4.69, 9.17) is 14.2 Å². The second-order valence-corrected chi connectivity index (χ2v) is 3.55. The van der Waals surface area contributed by atoms with Crippen LogP contribution in [0.1, 0.15) is 13.3 Å². The summed E-state index contributed by atoms with van der Waals surface area (Å²) in [6, 6.07) is 0. The van der Waals surface area contributed by atoms with Crippen LogP contribution >= 0.6 is 0 Å². The molecule has 0 radical (unpaired) electrons. The van der Waals surface area contributed by atoms with Crippen LogP contribution in [0.4, 0.5) is 4.79 Å². The fourth-order valence-corrected chi connectivity index (χ4v) is 1.27. The van der Waals surface area contributed by atoms with E-state index in [0.29, 0.717) is 32.9 Å². The van der Waals surface area contributed by atoms with Crippen LogP contribution in [0, 0.1) is 0 Å². The molecule has 1 aliphatic rings. The van der Waals surface area contributed by atoms with Crippen molar-refractivity contribution in [1.29, 1.82) is 0 Å². The minimum Gasteiger partial charge on any atom is -0.449 e. The number of carbonyl (C=O) groups excluding carboxylic acids is 1. The zero-order valence-electron chi connectivity index (χ0n) is 9.40. The third-order valence-corrected chi connectivity index (χ3v) is 2.42. The summed E-state index contributed by atoms with van der Waals surface area (Å²) in [6.07, 6.45) is 0.608. The summed E-state index contributed by atoms with van der Waals surface area (Å²) in [5, 5.41) is 0. The number of amides is 1. The number of hydrogen-bond donors (Lipinski definition) is 0. The fourth-order valence-electron chi connectivity index (χ4n) is 1.27. The van der Waals surface area contributed by atoms with E-state index in [-0.39, 0.29) is 12.2 Å². The van der Waals surface area contributed by atoms with Crippen molar-refractivity contribution in [3.05, 3.63) is 0 Å². The molecule has 1 atom stereocenters. The molecule has 1 heterocycles. The lowest BCUT2D eigenvalue weighted by Gasteiger charge is -2.26. The van der Waals surface area contributed by atoms with Crippen molar-refractivity contribution in [2.75, 3.05) is 40.0 Å². The molecule has 0 aliphatic carbocycles. The van der Waals surface area contributed by atoms with Crippen molar-refractivity contribution in [1.82, 2.24) is 4.90 Å². The first kappa shape index (κ1) is 12.3. The van der Waals surface area contributed by atoms with Gasteiger partial charge in [0.05, 0.1) is 25.9 Å². The molecule has 88 valence electrons. The Bertz CT molecular complexity index is 192. The van der Waals surface area contributed by atoms with Crippen molar-refractivity contribution in [3.63, 3.8) is 0 Å². The molecule has 1 fully saturated rings. The van der Waals surface area contributed by atoms with Gasteiger partial charge in [0.2, 0.25) is 0 Å². The maximum Gasteiger partial charge on any atom is 0.409 e. The van der Waals surface area contributed by atoms with E-state index in [1.807, 2.05) is 6.92 Å². The van der Waals surface area contributed by atoms with Crippen molar-refractivity contribution >= 4 is 6.09 Å². The number of nitrogens with zero attached hydrogens (tertiary/aromatic N) is 1. The molecular formula is C10H19NO4. The quantitative estimate of drug-likeness (QED) is 0.701. The highest BCUT2D eigenvalue weighted by Gasteiger charge is 2.17. The molecule has 1 rings (SSSR count). The Kier molecular flexibility index (Phi) is 5.42. The number of carbonyl (C=O) groups is 1. The Balaban J connectivity index is 2.12. The van der Waals surface area contributed by atoms with Crippen LogP contribution < -0.4 is 0 Å². The normalized spacial score (nSPS) is 18.7. The monoisotopic (exact) mass is 217 g/mol. The van der Waals surface area contributed by atoms with Gasteiger partial charge in [0, 0.05) is 26.6 Å². The van der Waals surface area contributed by atoms with Gasteiger partial charge in [0.1, 0.15) is 0 Å². The Hall–Kier alpha value is -0.810. The molecule has 1 aliphatic heterocycles. The fraction of sp³-hybridized carbons (Fsp3) is 0.900. The zero-order valence-corrected chi connectivity index (χ0v) is 9.40. The molecule has 0 bridgehead atoms. The standard InChI is InChI=1S/C10H19NO4/c1-9(13-2)3-6-15-10(12)11-4-7-14-8-5-11/h9H,3-8H2,1-2H3. The number of methoxy groups -OCH3 is 1. The average Bonchev–Trinajstić information content (AvgIpc) is 2.29. The van der Waals surface area contributed by atoms with Crippen LogP contribution in [0.3, 0.4) is 0 Å². The molecule has 0 saturated carbocycles. The van der Waals surface area contributed by atoms with Gasteiger partial charge >= 0.3 is 6.09 Å². The topological polar surface area (TPSA) is 48.0 Å². The number of rotatable bonds is 4. The van der Waals surface area contributed by atoms with E-state index in [2.05, 4.69) is 0 Å². The predicted octanol–water partition coefficient (Wildman–Crippen LogP) is 0.880. The predicted molar refractivity (Wildman–Crippen MR) is 54.8 cm³/mol. The van der Waals surface area contributed by atoms with Crippen LogP contribution in [0.5, 0.6) is 0 Å². The van der Waals surface area contributed by atoms with Gasteiger partial charge in [-0.25, -0.2) is 4.79 Å². The van der Waals surface area contributed by atoms with Gasteiger partial charge in [-0.2, -0.15) is 0 Å². The lowest BCUT2D eigenvalue weighted by atomic mass is 10.3. The third-order valence-electron chi connectivity index (χ3n) is 2.42. The smallest absolute Gasteiger partial charge is 0.409 e. The second-order valence-electron chi connectivity index (χ2n) is 3.55. The van der Waals surface area contributed by atoms with Crippen molar-refractivity contribution < 1.29 is 19.0 Å². The summed E-state index contributed by atoms with van der Waals surface area (Å²) >= 11 is 0. The minimum atomic E-state index is -0.249. The Morgan fingerprint density at radius 3 is 2.73 bits per heavy atom. The molecule has 1 saturated heterocycles. The summed E-state index contributed by atoms with van der Waals surface area (Å²) in [6.45, 7) is 4.80. The Morgan fingerprint density at radius 1 is 1.47 bits per heavy atom. The summed E-state index contributed by atoms with van der Waals surface area (Å²) < 4.78 is 15.3. The highest BCUT2D eigenvalue weighted by Crippen LogP contribution is 2.02. The molecular weight excluding hydrogens is 198 g/mol. The van der Waals surface area contributed by atoms with Crippen LogP contribution in [0.25, 0.3) is 0 Å². The van der Waals surface area contributed by atoms with E-state index < -0.39 is 0 Å². The van der Waals surface area contributed by atoms with Gasteiger partial charge in [-0.15, -0.1) is 0 Å². The van der Waals surface area contributed by atoms with Crippen molar-refractivity contribution in [2.24, 2.45) is 0 Å². The van der Waals surface area contributed by atoms with Gasteiger partial charge in [0.25, 0.3) is 0 Å². The first-order valence-corrected chi connectivity index (χ1v) is 5.26. The SMILES string of the molecule is COC(C)CCOC(=O)N1CCOCC1. The van der Waals surface area contributed by atoms with Gasteiger partial charge < -0.3 is 19.1 Å². The molecule has 5 heteroatoms. The van der Waals surface area contributed by atoms with Gasteiger partial charge in [-0.05, 0) is 6.92 Å². The molecule has 5 nitrogen and oxygen atoms in total. The van der Waals surface area contributed by atoms with Crippen LogP contribution in [0.15, 0.2) is 0 Å². The number of hydrogen-bond acceptors (Lipinski definition) is 4. The molecule has 15 heavy (non-hydrogen) atoms. The van der Waals surface area contributed by atoms with Crippen molar-refractivity contribution in [3.8, 4) is 0 Å². The summed E-state index contributed by atoms with van der Waals surface area (Å²) in [5.74, 6) is 0. The molecule has 1 unspecified atom stereocenters. The van der Waals surface area contributed by atoms with E-state index in [1.54, 1.807) is 12.0 Å². The summed E-state index contributed by atoms with van der Waals surface area (Å²) in [4.78, 5) is 13.1. The molecule has 0 N–H and O–H groups in total. The lowest BCUT2D eigenvalue weighted by Crippen LogP contribution is -2.41. The van der Waals surface area contributed by atoms with E-state index >= 15 is 0 Å². The van der Waals surface area contributed by atoms with Crippen LogP contribution in [-0.2, 0) is 14.2 Å². The molecule has 0 spiro atoms. The van der Waals surface area contributed by atoms with Gasteiger partial charge in [0.15, 0.2) is 0 Å². The number of ether oxygens (including phenoxy) is 3. The number of morpholine rings is 1. The Labute approximate surface area is 90.3 Å². The highest BCUT2D eigenvalue weighted by atomic mass is 16.6. The molecule has 0 aromatic rings. The average molecular weight is 217 g/mol. The largest absolute Gasteiger partial charge is 0.449 e. The Morgan fingerprint density at radius 2 is 2.13 bits per heavy atom. The van der Waals surface area contributed by atoms with Crippen LogP contribution in [-0.4, -0.2) is 57.1 Å². The lowest BCUT2D eigenvalue weighted by molar-refractivity contribution is 0.0210. The maximum absolute atomic E-state index is 11.5. The first-order chi connectivity index (χ1) is 7.24. The summed E-state index contributed by atoms with van der Waals surface area (Å²) in [7, 11) is 1.65. The summed E-state index contributed by atoms with van der Waals surface area (Å²) in [5.41, 5.74) is 0. The molecule has 1 amide bonds. The van der Waals surface area contributed by atoms with Crippen LogP contribution in [0.2, 0.25) is 0 Å². The van der Waals surface area contributed by atoms with E-state index in [1.165, 1.54) is 0 Å². The maximum atomic E-state index is 11.5. The molecule has 0 aromatic heterocycles. The zero-order chi connectivity index (χ0) is 11.1. The van der Waals surface area contributed by atoms with E-state index in [9.17, 15) is 4.79 Å². The van der Waals surface area contributed by atoms with Gasteiger partial charge in [-0.1, -0.05) is 0 Å². The minimum absolute atomic E-state index is 0.127. The van der Waals surface area contributed by atoms with Gasteiger partial charge in [-0.3, -0.25) is 0 Å². The van der Waals surface area contributed by atoms with E-state index in [0.717, 1.165) is 6.42 Å². The first-order valence-electron chi connectivity index (χ1n) is 5.26. The highest BCUT2D eigenvalue weighted by molar-refractivity contribution is 5.67.